The lowest BCUT2D eigenvalue weighted by molar-refractivity contribution is -0.384. The number of fused-ring (bicyclic) bond motifs is 3. The number of esters is 1. The van der Waals surface area contributed by atoms with Crippen molar-refractivity contribution in [3.63, 3.8) is 0 Å². The highest BCUT2D eigenvalue weighted by Crippen LogP contribution is 2.62. The summed E-state index contributed by atoms with van der Waals surface area (Å²) in [7, 11) is 0. The van der Waals surface area contributed by atoms with Crippen molar-refractivity contribution in [1.82, 2.24) is 4.90 Å². The number of carbonyl (C=O) groups is 1. The van der Waals surface area contributed by atoms with E-state index in [-0.39, 0.29) is 39.6 Å². The van der Waals surface area contributed by atoms with Crippen LogP contribution in [0.4, 0.5) is 11.4 Å². The molecule has 0 aromatic heterocycles. The molecule has 3 aliphatic heterocycles. The van der Waals surface area contributed by atoms with Gasteiger partial charge >= 0.3 is 5.97 Å². The molecule has 0 radical (unpaired) electrons. The molecule has 33 heavy (non-hydrogen) atoms. The van der Waals surface area contributed by atoms with E-state index in [1.165, 1.54) is 19.3 Å². The van der Waals surface area contributed by atoms with E-state index in [0.717, 1.165) is 57.9 Å². The van der Waals surface area contributed by atoms with Crippen molar-refractivity contribution in [2.24, 2.45) is 23.2 Å². The van der Waals surface area contributed by atoms with E-state index in [9.17, 15) is 14.9 Å². The summed E-state index contributed by atoms with van der Waals surface area (Å²) in [6.07, 6.45) is 5.73. The number of piperazine rings is 1. The third-order valence-corrected chi connectivity index (χ3v) is 9.33. The van der Waals surface area contributed by atoms with E-state index in [1.54, 1.807) is 12.1 Å². The molecule has 5 aliphatic rings. The van der Waals surface area contributed by atoms with Crippen LogP contribution >= 0.6 is 0 Å². The minimum atomic E-state index is -0.367. The molecule has 2 saturated carbocycles. The Morgan fingerprint density at radius 3 is 2.55 bits per heavy atom. The van der Waals surface area contributed by atoms with Crippen LogP contribution in [0.15, 0.2) is 24.3 Å². The van der Waals surface area contributed by atoms with Crippen LogP contribution in [0.25, 0.3) is 0 Å². The molecule has 1 spiro atoms. The Kier molecular flexibility index (Phi) is 4.96. The topological polar surface area (TPSA) is 88.5 Å². The molecular formula is C25H33N3O5. The van der Waals surface area contributed by atoms with Gasteiger partial charge in [0, 0.05) is 56.5 Å². The Hall–Kier alpha value is -2.19. The van der Waals surface area contributed by atoms with E-state index >= 15 is 0 Å². The number of benzene rings is 1. The molecule has 0 bridgehead atoms. The number of nitro groups is 1. The SMILES string of the molecule is C[C@]12CCC[C@@]3(CO3)[C@@H]1C[C@@H]1[C@@H](C2)OC(=O)[C@@H]1CN1CCN(c2ccc([N+](=O)[O-])cc2)CC1. The second kappa shape index (κ2) is 7.67. The first-order chi connectivity index (χ1) is 15.9. The van der Waals surface area contributed by atoms with Gasteiger partial charge in [0.15, 0.2) is 0 Å². The largest absolute Gasteiger partial charge is 0.462 e. The number of rotatable bonds is 4. The average Bonchev–Trinajstić information content (AvgIpc) is 3.51. The Labute approximate surface area is 194 Å². The quantitative estimate of drug-likeness (QED) is 0.298. The number of ether oxygens (including phenoxy) is 2. The molecule has 8 nitrogen and oxygen atoms in total. The monoisotopic (exact) mass is 455 g/mol. The normalized spacial score (nSPS) is 40.3. The van der Waals surface area contributed by atoms with Crippen molar-refractivity contribution in [3.8, 4) is 0 Å². The van der Waals surface area contributed by atoms with Crippen LogP contribution in [0.2, 0.25) is 0 Å². The van der Waals surface area contributed by atoms with Gasteiger partial charge in [0.2, 0.25) is 0 Å². The lowest BCUT2D eigenvalue weighted by atomic mass is 9.53. The first-order valence-corrected chi connectivity index (χ1v) is 12.4. The average molecular weight is 456 g/mol. The second-order valence-electron chi connectivity index (χ2n) is 11.2. The first kappa shape index (κ1) is 21.4. The van der Waals surface area contributed by atoms with E-state index < -0.39 is 0 Å². The zero-order chi connectivity index (χ0) is 22.8. The van der Waals surface area contributed by atoms with E-state index in [0.29, 0.717) is 11.8 Å². The fraction of sp³-hybridized carbons (Fsp3) is 0.720. The molecule has 6 atom stereocenters. The number of nitro benzene ring substituents is 1. The summed E-state index contributed by atoms with van der Waals surface area (Å²) >= 11 is 0. The van der Waals surface area contributed by atoms with Crippen LogP contribution in [0.5, 0.6) is 0 Å². The Morgan fingerprint density at radius 2 is 1.88 bits per heavy atom. The van der Waals surface area contributed by atoms with Crippen molar-refractivity contribution in [3.05, 3.63) is 34.4 Å². The van der Waals surface area contributed by atoms with Gasteiger partial charge in [-0.15, -0.1) is 0 Å². The molecule has 1 aromatic rings. The van der Waals surface area contributed by atoms with E-state index in [4.69, 9.17) is 9.47 Å². The van der Waals surface area contributed by atoms with E-state index in [1.807, 2.05) is 12.1 Å². The Morgan fingerprint density at radius 1 is 1.15 bits per heavy atom. The zero-order valence-corrected chi connectivity index (χ0v) is 19.3. The van der Waals surface area contributed by atoms with Gasteiger partial charge in [0.05, 0.1) is 23.0 Å². The third-order valence-electron chi connectivity index (χ3n) is 9.33. The molecule has 0 amide bonds. The fourth-order valence-corrected chi connectivity index (χ4v) is 7.42. The van der Waals surface area contributed by atoms with Gasteiger partial charge in [0.1, 0.15) is 6.10 Å². The maximum Gasteiger partial charge on any atom is 0.310 e. The summed E-state index contributed by atoms with van der Waals surface area (Å²) in [5, 5.41) is 10.9. The van der Waals surface area contributed by atoms with Crippen LogP contribution in [0.3, 0.4) is 0 Å². The van der Waals surface area contributed by atoms with Gasteiger partial charge in [-0.1, -0.05) is 6.92 Å². The zero-order valence-electron chi connectivity index (χ0n) is 19.3. The number of hydrogen-bond donors (Lipinski definition) is 0. The van der Waals surface area contributed by atoms with Crippen molar-refractivity contribution in [2.75, 3.05) is 44.2 Å². The molecule has 0 N–H and O–H groups in total. The van der Waals surface area contributed by atoms with Crippen LogP contribution in [0.1, 0.15) is 39.0 Å². The fourth-order valence-electron chi connectivity index (χ4n) is 7.42. The van der Waals surface area contributed by atoms with Crippen molar-refractivity contribution in [2.45, 2.75) is 50.7 Å². The predicted octanol–water partition coefficient (Wildman–Crippen LogP) is 3.24. The van der Waals surface area contributed by atoms with Gasteiger partial charge < -0.3 is 14.4 Å². The number of carbonyl (C=O) groups excluding carboxylic acids is 1. The van der Waals surface area contributed by atoms with Crippen LogP contribution < -0.4 is 4.90 Å². The Balaban J connectivity index is 1.09. The molecule has 178 valence electrons. The molecule has 2 aliphatic carbocycles. The number of hydrogen-bond acceptors (Lipinski definition) is 7. The highest BCUT2D eigenvalue weighted by atomic mass is 16.6. The number of non-ortho nitro benzene ring substituents is 1. The molecule has 5 fully saturated rings. The van der Waals surface area contributed by atoms with Crippen molar-refractivity contribution in [1.29, 1.82) is 0 Å². The summed E-state index contributed by atoms with van der Waals surface area (Å²) in [5.74, 6) is 0.817. The third kappa shape index (κ3) is 3.62. The molecule has 6 rings (SSSR count). The standard InChI is InChI=1S/C25H33N3O5/c1-24-7-2-8-25(16-32-25)22(24)13-19-20(23(29)33-21(19)14-24)15-26-9-11-27(12-10-26)17-3-5-18(6-4-17)28(30)31/h3-6,19-22H,2,7-16H2,1H3/t19-,20+,21+,22+,24+,25+/m0/s1. The molecule has 3 heterocycles. The molecule has 0 unspecified atom stereocenters. The molecule has 1 aromatic carbocycles. The van der Waals surface area contributed by atoms with Crippen LogP contribution in [0, 0.1) is 33.3 Å². The van der Waals surface area contributed by atoms with Crippen molar-refractivity contribution >= 4 is 17.3 Å². The summed E-state index contributed by atoms with van der Waals surface area (Å²) in [4.78, 5) is 28.1. The molecule has 8 heteroatoms. The molecule has 3 saturated heterocycles. The smallest absolute Gasteiger partial charge is 0.310 e. The highest BCUT2D eigenvalue weighted by molar-refractivity contribution is 5.75. The molecular weight excluding hydrogens is 422 g/mol. The Bertz CT molecular complexity index is 940. The van der Waals surface area contributed by atoms with Crippen LogP contribution in [-0.4, -0.2) is 66.8 Å². The van der Waals surface area contributed by atoms with Crippen LogP contribution in [-0.2, 0) is 14.3 Å². The van der Waals surface area contributed by atoms with Crippen molar-refractivity contribution < 1.29 is 19.2 Å². The van der Waals surface area contributed by atoms with Gasteiger partial charge in [-0.05, 0) is 55.6 Å². The van der Waals surface area contributed by atoms with Gasteiger partial charge in [-0.2, -0.15) is 0 Å². The lowest BCUT2D eigenvalue weighted by Gasteiger charge is -2.51. The summed E-state index contributed by atoms with van der Waals surface area (Å²) in [5.41, 5.74) is 1.46. The predicted molar refractivity (Wildman–Crippen MR) is 122 cm³/mol. The minimum absolute atomic E-state index is 0.00388. The number of epoxide rings is 1. The summed E-state index contributed by atoms with van der Waals surface area (Å²) in [6.45, 7) is 7.53. The summed E-state index contributed by atoms with van der Waals surface area (Å²) in [6, 6.07) is 6.78. The van der Waals surface area contributed by atoms with E-state index in [2.05, 4.69) is 16.7 Å². The van der Waals surface area contributed by atoms with Gasteiger partial charge in [0.25, 0.3) is 5.69 Å². The maximum absolute atomic E-state index is 12.9. The highest BCUT2D eigenvalue weighted by Gasteiger charge is 2.65. The second-order valence-corrected chi connectivity index (χ2v) is 11.2. The summed E-state index contributed by atoms with van der Waals surface area (Å²) < 4.78 is 12.0. The van der Waals surface area contributed by atoms with Gasteiger partial charge in [-0.3, -0.25) is 19.8 Å². The lowest BCUT2D eigenvalue weighted by Crippen LogP contribution is -2.52. The first-order valence-electron chi connectivity index (χ1n) is 12.4. The number of nitrogens with zero attached hydrogens (tertiary/aromatic N) is 3. The minimum Gasteiger partial charge on any atom is -0.462 e. The maximum atomic E-state index is 12.9. The number of anilines is 1. The van der Waals surface area contributed by atoms with Gasteiger partial charge in [-0.25, -0.2) is 0 Å².